The van der Waals surface area contributed by atoms with Gasteiger partial charge in [0, 0.05) is 27.4 Å². The van der Waals surface area contributed by atoms with Crippen molar-refractivity contribution >= 4 is 28.9 Å². The van der Waals surface area contributed by atoms with E-state index in [0.29, 0.717) is 0 Å². The standard InChI is InChI=1S/C13H30NO3Si.C2F6NO4S2/c1-14(10-6-5-7-11-14)12-8-9-13-18(15-2,16-3)17-4;3-1(4,5)14(10,11)9-15(12,13)2(6,7)8/h5-13H2,1-4H3;/q+1;-1. The highest BCUT2D eigenvalue weighted by Crippen LogP contribution is 2.36. The van der Waals surface area contributed by atoms with Crippen LogP contribution in [0.1, 0.15) is 32.1 Å². The maximum absolute atomic E-state index is 11.4. The smallest absolute Gasteiger partial charge is 0.421 e. The topological polar surface area (TPSA) is 110 Å². The van der Waals surface area contributed by atoms with Crippen molar-refractivity contribution in [2.75, 3.05) is 48.0 Å². The average molecular weight is 557 g/mol. The molecular weight excluding hydrogens is 526 g/mol. The molecule has 0 amide bonds. The van der Waals surface area contributed by atoms with E-state index in [9.17, 15) is 43.2 Å². The number of hydrogen-bond acceptors (Lipinski definition) is 7. The molecule has 0 aromatic rings. The second-order valence-electron chi connectivity index (χ2n) is 7.52. The van der Waals surface area contributed by atoms with Crippen molar-refractivity contribution in [3.05, 3.63) is 4.13 Å². The van der Waals surface area contributed by atoms with Crippen LogP contribution in [0.2, 0.25) is 6.04 Å². The van der Waals surface area contributed by atoms with Gasteiger partial charge in [-0.15, -0.1) is 0 Å². The fourth-order valence-electron chi connectivity index (χ4n) is 3.10. The van der Waals surface area contributed by atoms with E-state index < -0.39 is 39.9 Å². The average Bonchev–Trinajstić information content (AvgIpc) is 2.67. The number of piperidine rings is 1. The van der Waals surface area contributed by atoms with Crippen molar-refractivity contribution < 1.29 is 60.9 Å². The summed E-state index contributed by atoms with van der Waals surface area (Å²) in [6, 6.07) is 0.927. The molecule has 0 spiro atoms. The maximum Gasteiger partial charge on any atom is 0.500 e. The third kappa shape index (κ3) is 10.3. The molecule has 1 heterocycles. The molecule has 1 aliphatic heterocycles. The zero-order chi connectivity index (χ0) is 26.2. The van der Waals surface area contributed by atoms with Gasteiger partial charge >= 0.3 is 19.8 Å². The van der Waals surface area contributed by atoms with Crippen LogP contribution in [0.15, 0.2) is 0 Å². The summed E-state index contributed by atoms with van der Waals surface area (Å²) in [5.41, 5.74) is -12.4. The van der Waals surface area contributed by atoms with Crippen LogP contribution in [0.4, 0.5) is 26.3 Å². The maximum atomic E-state index is 11.4. The molecule has 0 aliphatic carbocycles. The lowest BCUT2D eigenvalue weighted by atomic mass is 10.1. The van der Waals surface area contributed by atoms with E-state index >= 15 is 0 Å². The lowest BCUT2D eigenvalue weighted by molar-refractivity contribution is -0.914. The number of quaternary nitrogens is 1. The summed E-state index contributed by atoms with van der Waals surface area (Å²) in [5, 5.41) is 0. The summed E-state index contributed by atoms with van der Waals surface area (Å²) in [4.78, 5) is 0. The molecule has 0 bridgehead atoms. The Morgan fingerprint density at radius 1 is 0.788 bits per heavy atom. The van der Waals surface area contributed by atoms with Crippen LogP contribution < -0.4 is 0 Å². The monoisotopic (exact) mass is 556 g/mol. The van der Waals surface area contributed by atoms with E-state index in [4.69, 9.17) is 13.3 Å². The summed E-state index contributed by atoms with van der Waals surface area (Å²) in [6.07, 6.45) is 6.57. The van der Waals surface area contributed by atoms with Gasteiger partial charge in [0.05, 0.1) is 26.7 Å². The van der Waals surface area contributed by atoms with Gasteiger partial charge in [0.2, 0.25) is 0 Å². The number of sulfonamides is 2. The fraction of sp³-hybridized carbons (Fsp3) is 1.00. The first-order chi connectivity index (χ1) is 14.8. The van der Waals surface area contributed by atoms with Crippen LogP contribution in [0.5, 0.6) is 0 Å². The van der Waals surface area contributed by atoms with Crippen molar-refractivity contribution in [1.29, 1.82) is 0 Å². The predicted molar refractivity (Wildman–Crippen MR) is 109 cm³/mol. The number of likely N-dealkylation sites (tertiary alicyclic amines) is 1. The Balaban J connectivity index is 0.000000633. The minimum Gasteiger partial charge on any atom is -0.421 e. The van der Waals surface area contributed by atoms with Crippen LogP contribution in [0, 0.1) is 0 Å². The minimum atomic E-state index is -6.72. The molecule has 0 aromatic heterocycles. The molecule has 1 saturated heterocycles. The predicted octanol–water partition coefficient (Wildman–Crippen LogP) is 3.33. The number of rotatable bonds is 10. The molecule has 0 saturated carbocycles. The first kappa shape index (κ1) is 32.5. The number of hydrogen-bond donors (Lipinski definition) is 0. The van der Waals surface area contributed by atoms with Crippen molar-refractivity contribution in [1.82, 2.24) is 0 Å². The Labute approximate surface area is 191 Å². The van der Waals surface area contributed by atoms with Crippen LogP contribution in [0.3, 0.4) is 0 Å². The highest BCUT2D eigenvalue weighted by atomic mass is 32.3. The zero-order valence-electron chi connectivity index (χ0n) is 18.7. The summed E-state index contributed by atoms with van der Waals surface area (Å²) >= 11 is 0. The Kier molecular flexibility index (Phi) is 12.3. The highest BCUT2D eigenvalue weighted by Gasteiger charge is 2.47. The Bertz CT molecular complexity index is 746. The highest BCUT2D eigenvalue weighted by molar-refractivity contribution is 8.13. The van der Waals surface area contributed by atoms with Crippen LogP contribution in [-0.2, 0) is 33.3 Å². The molecule has 1 fully saturated rings. The van der Waals surface area contributed by atoms with Gasteiger partial charge < -0.3 is 21.9 Å². The number of alkyl halides is 6. The van der Waals surface area contributed by atoms with E-state index in [2.05, 4.69) is 7.05 Å². The van der Waals surface area contributed by atoms with E-state index in [1.165, 1.54) is 49.8 Å². The lowest BCUT2D eigenvalue weighted by Crippen LogP contribution is -2.48. The van der Waals surface area contributed by atoms with Crippen LogP contribution in [-0.4, -0.2) is 89.2 Å². The van der Waals surface area contributed by atoms with E-state index in [1.54, 1.807) is 21.3 Å². The normalized spacial score (nSPS) is 17.9. The third-order valence-electron chi connectivity index (χ3n) is 5.04. The molecule has 0 radical (unpaired) electrons. The summed E-state index contributed by atoms with van der Waals surface area (Å²) < 4.78 is 127. The van der Waals surface area contributed by atoms with Crippen molar-refractivity contribution in [2.24, 2.45) is 0 Å². The summed E-state index contributed by atoms with van der Waals surface area (Å²) in [6.45, 7) is 3.98. The molecule has 0 unspecified atom stereocenters. The van der Waals surface area contributed by atoms with Crippen molar-refractivity contribution in [3.63, 3.8) is 0 Å². The molecule has 18 heteroatoms. The SMILES string of the molecule is CO[Si](CCCC[N+]1(C)CCCCC1)(OC)OC.O=S(=O)([N-]S(=O)(=O)C(F)(F)F)C(F)(F)F. The molecule has 9 nitrogen and oxygen atoms in total. The zero-order valence-corrected chi connectivity index (χ0v) is 21.3. The number of nitrogens with zero attached hydrogens (tertiary/aromatic N) is 2. The largest absolute Gasteiger partial charge is 0.500 e. The number of halogens is 6. The van der Waals surface area contributed by atoms with E-state index in [0.717, 1.165) is 16.6 Å². The van der Waals surface area contributed by atoms with E-state index in [1.807, 2.05) is 0 Å². The van der Waals surface area contributed by atoms with E-state index in [-0.39, 0.29) is 0 Å². The molecule has 0 N–H and O–H groups in total. The van der Waals surface area contributed by atoms with Crippen LogP contribution in [0.25, 0.3) is 4.13 Å². The second kappa shape index (κ2) is 12.5. The first-order valence-electron chi connectivity index (χ1n) is 9.66. The fourth-order valence-corrected chi connectivity index (χ4v) is 6.61. The Morgan fingerprint density at radius 2 is 1.18 bits per heavy atom. The van der Waals surface area contributed by atoms with Gasteiger partial charge in [-0.25, -0.2) is 16.8 Å². The van der Waals surface area contributed by atoms with Gasteiger partial charge in [-0.1, -0.05) is 0 Å². The number of unbranched alkanes of at least 4 members (excludes halogenated alkanes) is 1. The molecule has 1 rings (SSSR count). The Morgan fingerprint density at radius 3 is 1.52 bits per heavy atom. The minimum absolute atomic E-state index is 0.778. The van der Waals surface area contributed by atoms with Crippen molar-refractivity contribution in [3.8, 4) is 0 Å². The Hall–Kier alpha value is -0.503. The van der Waals surface area contributed by atoms with Crippen molar-refractivity contribution in [2.45, 2.75) is 49.2 Å². The quantitative estimate of drug-likeness (QED) is 0.176. The van der Waals surface area contributed by atoms with Gasteiger partial charge in [0.25, 0.3) is 0 Å². The second-order valence-corrected chi connectivity index (χ2v) is 14.0. The van der Waals surface area contributed by atoms with Gasteiger partial charge in [-0.05, 0) is 32.1 Å². The lowest BCUT2D eigenvalue weighted by Gasteiger charge is -2.38. The molecule has 0 aromatic carbocycles. The van der Waals surface area contributed by atoms with Gasteiger partial charge in [-0.3, -0.25) is 0 Å². The summed E-state index contributed by atoms with van der Waals surface area (Å²) in [7, 11) is -8.31. The molecule has 1 aliphatic rings. The first-order valence-corrected chi connectivity index (χ1v) is 14.5. The molecule has 200 valence electrons. The third-order valence-corrected chi connectivity index (χ3v) is 10.6. The van der Waals surface area contributed by atoms with Crippen LogP contribution >= 0.6 is 0 Å². The summed E-state index contributed by atoms with van der Waals surface area (Å²) in [5.74, 6) is 0. The molecule has 33 heavy (non-hydrogen) atoms. The van der Waals surface area contributed by atoms with Gasteiger partial charge in [0.1, 0.15) is 0 Å². The van der Waals surface area contributed by atoms with Gasteiger partial charge in [0.15, 0.2) is 20.0 Å². The molecule has 0 atom stereocenters. The van der Waals surface area contributed by atoms with Gasteiger partial charge in [-0.2, -0.15) is 26.3 Å². The molecular formula is C15H30F6N2O7S2Si.